The number of amides is 1. The minimum atomic E-state index is -0.842. The van der Waals surface area contributed by atoms with Crippen molar-refractivity contribution in [3.05, 3.63) is 60.2 Å². The molecule has 1 aliphatic heterocycles. The lowest BCUT2D eigenvalue weighted by molar-refractivity contribution is -0.143. The summed E-state index contributed by atoms with van der Waals surface area (Å²) < 4.78 is 5.78. The molecule has 0 aliphatic carbocycles. The lowest BCUT2D eigenvalue weighted by Gasteiger charge is -2.36. The molecule has 2 atom stereocenters. The number of benzene rings is 2. The molecule has 1 fully saturated rings. The Morgan fingerprint density at radius 3 is 2.48 bits per heavy atom. The number of piperidine rings is 1. The lowest BCUT2D eigenvalue weighted by Crippen LogP contribution is -2.47. The highest BCUT2D eigenvalue weighted by atomic mass is 16.5. The Morgan fingerprint density at radius 2 is 1.76 bits per heavy atom. The third kappa shape index (κ3) is 3.99. The Morgan fingerprint density at radius 1 is 1.04 bits per heavy atom. The minimum Gasteiger partial charge on any atom is -0.481 e. The van der Waals surface area contributed by atoms with Crippen LogP contribution in [0.25, 0.3) is 0 Å². The number of hydrogen-bond donors (Lipinski definition) is 1. The van der Waals surface area contributed by atoms with Crippen molar-refractivity contribution >= 4 is 11.9 Å². The molecular formula is C20H21NO4. The van der Waals surface area contributed by atoms with Crippen molar-refractivity contribution in [3.8, 4) is 11.5 Å². The Hall–Kier alpha value is -2.82. The first-order valence-electron chi connectivity index (χ1n) is 8.41. The summed E-state index contributed by atoms with van der Waals surface area (Å²) in [4.78, 5) is 25.8. The second-order valence-electron chi connectivity index (χ2n) is 6.36. The van der Waals surface area contributed by atoms with Gasteiger partial charge in [-0.05, 0) is 50.1 Å². The molecule has 0 saturated carbocycles. The Labute approximate surface area is 146 Å². The molecule has 0 radical (unpaired) electrons. The quantitative estimate of drug-likeness (QED) is 0.920. The van der Waals surface area contributed by atoms with Crippen LogP contribution in [0.15, 0.2) is 54.6 Å². The molecule has 1 aliphatic rings. The number of carboxylic acids is 1. The first kappa shape index (κ1) is 17.0. The van der Waals surface area contributed by atoms with Crippen LogP contribution in [0.1, 0.15) is 30.1 Å². The molecule has 2 aromatic carbocycles. The van der Waals surface area contributed by atoms with Gasteiger partial charge in [0.2, 0.25) is 0 Å². The van der Waals surface area contributed by atoms with Crippen molar-refractivity contribution in [2.75, 3.05) is 6.54 Å². The first-order valence-corrected chi connectivity index (χ1v) is 8.41. The maximum atomic E-state index is 12.9. The molecule has 2 unspecified atom stereocenters. The van der Waals surface area contributed by atoms with Crippen LogP contribution in [0, 0.1) is 5.92 Å². The van der Waals surface area contributed by atoms with E-state index in [0.29, 0.717) is 29.9 Å². The second-order valence-corrected chi connectivity index (χ2v) is 6.36. The van der Waals surface area contributed by atoms with Gasteiger partial charge < -0.3 is 14.7 Å². The van der Waals surface area contributed by atoms with Gasteiger partial charge in [-0.25, -0.2) is 0 Å². The number of nitrogens with zero attached hydrogens (tertiary/aromatic N) is 1. The average Bonchev–Trinajstić information content (AvgIpc) is 2.62. The van der Waals surface area contributed by atoms with Gasteiger partial charge in [-0.3, -0.25) is 9.59 Å². The van der Waals surface area contributed by atoms with Gasteiger partial charge in [0.15, 0.2) is 0 Å². The van der Waals surface area contributed by atoms with Crippen LogP contribution in [0.4, 0.5) is 0 Å². The molecule has 5 heteroatoms. The summed E-state index contributed by atoms with van der Waals surface area (Å²) >= 11 is 0. The fraction of sp³-hybridized carbons (Fsp3) is 0.300. The van der Waals surface area contributed by atoms with Gasteiger partial charge in [-0.1, -0.05) is 24.3 Å². The molecular weight excluding hydrogens is 318 g/mol. The van der Waals surface area contributed by atoms with Gasteiger partial charge >= 0.3 is 5.97 Å². The highest BCUT2D eigenvalue weighted by molar-refractivity contribution is 5.95. The van der Waals surface area contributed by atoms with E-state index in [1.165, 1.54) is 0 Å². The van der Waals surface area contributed by atoms with Crippen molar-refractivity contribution in [2.24, 2.45) is 5.92 Å². The monoisotopic (exact) mass is 339 g/mol. The van der Waals surface area contributed by atoms with Gasteiger partial charge in [0, 0.05) is 18.2 Å². The summed E-state index contributed by atoms with van der Waals surface area (Å²) in [5.74, 6) is -0.215. The number of carboxylic acid groups (broad SMARTS) is 1. The Balaban J connectivity index is 1.77. The first-order chi connectivity index (χ1) is 12.0. The van der Waals surface area contributed by atoms with E-state index in [4.69, 9.17) is 4.74 Å². The van der Waals surface area contributed by atoms with E-state index >= 15 is 0 Å². The van der Waals surface area contributed by atoms with E-state index in [2.05, 4.69) is 0 Å². The van der Waals surface area contributed by atoms with E-state index in [-0.39, 0.29) is 18.5 Å². The standard InChI is InChI=1S/C20H21NO4/c1-14-10-11-16(20(23)24)13-21(14)19(22)15-6-5-9-18(12-15)25-17-7-3-2-4-8-17/h2-9,12,14,16H,10-11,13H2,1H3,(H,23,24). The van der Waals surface area contributed by atoms with Crippen LogP contribution in [-0.4, -0.2) is 34.5 Å². The molecule has 130 valence electrons. The molecule has 1 heterocycles. The van der Waals surface area contributed by atoms with Gasteiger partial charge in [0.05, 0.1) is 5.92 Å². The highest BCUT2D eigenvalue weighted by Gasteiger charge is 2.33. The number of hydrogen-bond acceptors (Lipinski definition) is 3. The van der Waals surface area contributed by atoms with Crippen LogP contribution >= 0.6 is 0 Å². The topological polar surface area (TPSA) is 66.8 Å². The van der Waals surface area contributed by atoms with Crippen molar-refractivity contribution < 1.29 is 19.4 Å². The summed E-state index contributed by atoms with van der Waals surface area (Å²) in [6.45, 7) is 2.21. The van der Waals surface area contributed by atoms with E-state index in [1.807, 2.05) is 37.3 Å². The minimum absolute atomic E-state index is 0.0294. The van der Waals surface area contributed by atoms with E-state index in [9.17, 15) is 14.7 Å². The SMILES string of the molecule is CC1CCC(C(=O)O)CN1C(=O)c1cccc(Oc2ccccc2)c1. The van der Waals surface area contributed by atoms with Gasteiger partial charge in [0.1, 0.15) is 11.5 Å². The number of ether oxygens (including phenoxy) is 1. The maximum absolute atomic E-state index is 12.9. The zero-order valence-corrected chi connectivity index (χ0v) is 14.1. The number of likely N-dealkylation sites (tertiary alicyclic amines) is 1. The van der Waals surface area contributed by atoms with Crippen molar-refractivity contribution in [3.63, 3.8) is 0 Å². The van der Waals surface area contributed by atoms with Crippen LogP contribution in [0.3, 0.4) is 0 Å². The molecule has 1 saturated heterocycles. The zero-order valence-electron chi connectivity index (χ0n) is 14.1. The van der Waals surface area contributed by atoms with Gasteiger partial charge in [-0.15, -0.1) is 0 Å². The highest BCUT2D eigenvalue weighted by Crippen LogP contribution is 2.26. The number of para-hydroxylation sites is 1. The van der Waals surface area contributed by atoms with Crippen LogP contribution in [-0.2, 0) is 4.79 Å². The molecule has 3 rings (SSSR count). The molecule has 25 heavy (non-hydrogen) atoms. The van der Waals surface area contributed by atoms with Crippen LogP contribution in [0.2, 0.25) is 0 Å². The van der Waals surface area contributed by atoms with Gasteiger partial charge in [0.25, 0.3) is 5.91 Å². The molecule has 1 amide bonds. The molecule has 2 aromatic rings. The molecule has 1 N–H and O–H groups in total. The van der Waals surface area contributed by atoms with E-state index in [1.54, 1.807) is 29.2 Å². The smallest absolute Gasteiger partial charge is 0.308 e. The molecule has 5 nitrogen and oxygen atoms in total. The predicted octanol–water partition coefficient (Wildman–Crippen LogP) is 3.80. The fourth-order valence-electron chi connectivity index (χ4n) is 3.07. The third-order valence-electron chi connectivity index (χ3n) is 4.55. The summed E-state index contributed by atoms with van der Waals surface area (Å²) in [6, 6.07) is 16.4. The predicted molar refractivity (Wildman–Crippen MR) is 93.8 cm³/mol. The summed E-state index contributed by atoms with van der Waals surface area (Å²) in [5, 5.41) is 9.24. The number of aliphatic carboxylic acids is 1. The van der Waals surface area contributed by atoms with Crippen molar-refractivity contribution in [1.29, 1.82) is 0 Å². The Bertz CT molecular complexity index is 759. The summed E-state index contributed by atoms with van der Waals surface area (Å²) in [6.07, 6.45) is 1.31. The largest absolute Gasteiger partial charge is 0.481 e. The normalized spacial score (nSPS) is 20.1. The summed E-state index contributed by atoms with van der Waals surface area (Å²) in [5.41, 5.74) is 0.506. The van der Waals surface area contributed by atoms with Crippen LogP contribution in [0.5, 0.6) is 11.5 Å². The van der Waals surface area contributed by atoms with E-state index < -0.39 is 11.9 Å². The van der Waals surface area contributed by atoms with Crippen molar-refractivity contribution in [1.82, 2.24) is 4.90 Å². The fourth-order valence-corrected chi connectivity index (χ4v) is 3.07. The third-order valence-corrected chi connectivity index (χ3v) is 4.55. The molecule has 0 spiro atoms. The number of carbonyl (C=O) groups is 2. The van der Waals surface area contributed by atoms with E-state index in [0.717, 1.165) is 0 Å². The molecule has 0 bridgehead atoms. The zero-order chi connectivity index (χ0) is 17.8. The van der Waals surface area contributed by atoms with Crippen molar-refractivity contribution in [2.45, 2.75) is 25.8 Å². The van der Waals surface area contributed by atoms with Gasteiger partial charge in [-0.2, -0.15) is 0 Å². The number of rotatable bonds is 4. The average molecular weight is 339 g/mol. The summed E-state index contributed by atoms with van der Waals surface area (Å²) in [7, 11) is 0. The Kier molecular flexibility index (Phi) is 5.03. The maximum Gasteiger partial charge on any atom is 0.308 e. The number of carbonyl (C=O) groups excluding carboxylic acids is 1. The molecule has 0 aromatic heterocycles. The second kappa shape index (κ2) is 7.38. The van der Waals surface area contributed by atoms with Crippen LogP contribution < -0.4 is 4.74 Å². The lowest BCUT2D eigenvalue weighted by atomic mass is 9.93.